The third-order valence-corrected chi connectivity index (χ3v) is 3.07. The van der Waals surface area contributed by atoms with E-state index >= 15 is 0 Å². The van der Waals surface area contributed by atoms with E-state index in [-0.39, 0.29) is 5.82 Å². The van der Waals surface area contributed by atoms with Crippen LogP contribution in [-0.2, 0) is 0 Å². The minimum absolute atomic E-state index is 0.212. The van der Waals surface area contributed by atoms with Gasteiger partial charge in [-0.3, -0.25) is 0 Å². The zero-order chi connectivity index (χ0) is 13.5. The number of rotatable bonds is 5. The number of nitrogens with two attached hydrogens (primary N) is 1. The van der Waals surface area contributed by atoms with E-state index in [9.17, 15) is 0 Å². The molecule has 19 heavy (non-hydrogen) atoms. The highest BCUT2D eigenvalue weighted by Crippen LogP contribution is 2.16. The van der Waals surface area contributed by atoms with Gasteiger partial charge in [0.15, 0.2) is 5.16 Å². The molecule has 1 heterocycles. The van der Waals surface area contributed by atoms with Gasteiger partial charge in [-0.15, -0.1) is 0 Å². The van der Waals surface area contributed by atoms with Crippen LogP contribution >= 0.6 is 11.8 Å². The largest absolute Gasteiger partial charge is 0.493 e. The Morgan fingerprint density at radius 3 is 2.79 bits per heavy atom. The SMILES string of the molecule is N#Cc1cnc(SCCOc2ccccc2)nc1N. The molecule has 0 amide bonds. The first-order chi connectivity index (χ1) is 9.29. The summed E-state index contributed by atoms with van der Waals surface area (Å²) in [5.41, 5.74) is 5.91. The lowest BCUT2D eigenvalue weighted by Gasteiger charge is -2.05. The van der Waals surface area contributed by atoms with E-state index in [1.54, 1.807) is 0 Å². The third kappa shape index (κ3) is 3.86. The van der Waals surface area contributed by atoms with Crippen LogP contribution in [0.3, 0.4) is 0 Å². The molecule has 5 nitrogen and oxygen atoms in total. The van der Waals surface area contributed by atoms with Crippen molar-refractivity contribution >= 4 is 17.6 Å². The van der Waals surface area contributed by atoms with E-state index < -0.39 is 0 Å². The topological polar surface area (TPSA) is 84.8 Å². The number of hydrogen-bond donors (Lipinski definition) is 1. The zero-order valence-electron chi connectivity index (χ0n) is 10.1. The van der Waals surface area contributed by atoms with E-state index in [1.807, 2.05) is 36.4 Å². The van der Waals surface area contributed by atoms with Crippen LogP contribution in [-0.4, -0.2) is 22.3 Å². The number of thioether (sulfide) groups is 1. The van der Waals surface area contributed by atoms with Gasteiger partial charge in [0, 0.05) is 5.75 Å². The summed E-state index contributed by atoms with van der Waals surface area (Å²) in [6.45, 7) is 0.554. The molecular formula is C13H12N4OS. The smallest absolute Gasteiger partial charge is 0.189 e. The highest BCUT2D eigenvalue weighted by atomic mass is 32.2. The Kier molecular flexibility index (Phi) is 4.59. The summed E-state index contributed by atoms with van der Waals surface area (Å²) in [7, 11) is 0. The Labute approximate surface area is 115 Å². The summed E-state index contributed by atoms with van der Waals surface area (Å²) in [5.74, 6) is 1.76. The van der Waals surface area contributed by atoms with Crippen molar-refractivity contribution in [3.63, 3.8) is 0 Å². The van der Waals surface area contributed by atoms with Crippen LogP contribution in [0.4, 0.5) is 5.82 Å². The quantitative estimate of drug-likeness (QED) is 0.509. The maximum Gasteiger partial charge on any atom is 0.189 e. The normalized spacial score (nSPS) is 9.84. The molecule has 2 aromatic rings. The molecule has 0 spiro atoms. The second-order valence-electron chi connectivity index (χ2n) is 3.57. The van der Waals surface area contributed by atoms with Crippen molar-refractivity contribution in [2.45, 2.75) is 5.16 Å². The molecule has 0 atom stereocenters. The average molecular weight is 272 g/mol. The van der Waals surface area contributed by atoms with Crippen molar-refractivity contribution in [3.05, 3.63) is 42.1 Å². The molecule has 0 aliphatic heterocycles. The van der Waals surface area contributed by atoms with E-state index in [1.165, 1.54) is 18.0 Å². The highest BCUT2D eigenvalue weighted by molar-refractivity contribution is 7.99. The number of ether oxygens (including phenoxy) is 1. The Hall–Kier alpha value is -2.26. The molecule has 0 saturated heterocycles. The lowest BCUT2D eigenvalue weighted by molar-refractivity contribution is 0.344. The van der Waals surface area contributed by atoms with Crippen LogP contribution in [0.2, 0.25) is 0 Å². The van der Waals surface area contributed by atoms with Crippen LogP contribution in [0.25, 0.3) is 0 Å². The van der Waals surface area contributed by atoms with Gasteiger partial charge in [-0.2, -0.15) is 5.26 Å². The van der Waals surface area contributed by atoms with Crippen LogP contribution in [0.5, 0.6) is 5.75 Å². The molecule has 0 saturated carbocycles. The van der Waals surface area contributed by atoms with E-state index in [4.69, 9.17) is 15.7 Å². The number of nitrogen functional groups attached to an aromatic ring is 1. The van der Waals surface area contributed by atoms with Crippen molar-refractivity contribution in [3.8, 4) is 11.8 Å². The van der Waals surface area contributed by atoms with Gasteiger partial charge in [0.05, 0.1) is 12.8 Å². The van der Waals surface area contributed by atoms with Gasteiger partial charge in [0.2, 0.25) is 0 Å². The minimum Gasteiger partial charge on any atom is -0.493 e. The molecule has 0 aliphatic rings. The van der Waals surface area contributed by atoms with Crippen LogP contribution in [0, 0.1) is 11.3 Å². The number of nitriles is 1. The van der Waals surface area contributed by atoms with Gasteiger partial charge in [-0.05, 0) is 12.1 Å². The summed E-state index contributed by atoms with van der Waals surface area (Å²) in [5, 5.41) is 9.26. The predicted molar refractivity (Wildman–Crippen MR) is 73.8 cm³/mol. The van der Waals surface area contributed by atoms with Crippen molar-refractivity contribution in [1.29, 1.82) is 5.26 Å². The predicted octanol–water partition coefficient (Wildman–Crippen LogP) is 2.10. The Bertz CT molecular complexity index is 583. The second kappa shape index (κ2) is 6.61. The number of aromatic nitrogens is 2. The zero-order valence-corrected chi connectivity index (χ0v) is 10.9. The number of para-hydroxylation sites is 1. The van der Waals surface area contributed by atoms with Crippen molar-refractivity contribution in [2.24, 2.45) is 0 Å². The molecule has 96 valence electrons. The van der Waals surface area contributed by atoms with Gasteiger partial charge in [0.25, 0.3) is 0 Å². The van der Waals surface area contributed by atoms with Gasteiger partial charge in [-0.1, -0.05) is 30.0 Å². The number of nitrogens with zero attached hydrogens (tertiary/aromatic N) is 3. The lowest BCUT2D eigenvalue weighted by Crippen LogP contribution is -2.02. The first-order valence-electron chi connectivity index (χ1n) is 5.63. The van der Waals surface area contributed by atoms with Gasteiger partial charge in [0.1, 0.15) is 23.2 Å². The lowest BCUT2D eigenvalue weighted by atomic mass is 10.3. The minimum atomic E-state index is 0.212. The highest BCUT2D eigenvalue weighted by Gasteiger charge is 2.03. The Morgan fingerprint density at radius 1 is 1.32 bits per heavy atom. The number of anilines is 1. The molecule has 2 N–H and O–H groups in total. The van der Waals surface area contributed by atoms with Crippen molar-refractivity contribution in [1.82, 2.24) is 9.97 Å². The molecule has 0 bridgehead atoms. The van der Waals surface area contributed by atoms with Gasteiger partial charge in [-0.25, -0.2) is 9.97 Å². The summed E-state index contributed by atoms with van der Waals surface area (Å²) in [6, 6.07) is 11.5. The summed E-state index contributed by atoms with van der Waals surface area (Å²) in [6.07, 6.45) is 1.43. The van der Waals surface area contributed by atoms with Crippen LogP contribution in [0.15, 0.2) is 41.7 Å². The summed E-state index contributed by atoms with van der Waals surface area (Å²) >= 11 is 1.44. The van der Waals surface area contributed by atoms with Crippen molar-refractivity contribution in [2.75, 3.05) is 18.1 Å². The molecule has 1 aromatic heterocycles. The maximum absolute atomic E-state index is 8.71. The fraction of sp³-hybridized carbons (Fsp3) is 0.154. The second-order valence-corrected chi connectivity index (χ2v) is 4.64. The fourth-order valence-corrected chi connectivity index (χ4v) is 1.98. The van der Waals surface area contributed by atoms with Crippen LogP contribution in [0.1, 0.15) is 5.56 Å². The van der Waals surface area contributed by atoms with E-state index in [2.05, 4.69) is 9.97 Å². The maximum atomic E-state index is 8.71. The van der Waals surface area contributed by atoms with E-state index in [0.717, 1.165) is 5.75 Å². The number of benzene rings is 1. The molecule has 0 unspecified atom stereocenters. The van der Waals surface area contributed by atoms with Gasteiger partial charge >= 0.3 is 0 Å². The molecule has 0 aliphatic carbocycles. The standard InChI is InChI=1S/C13H12N4OS/c14-8-10-9-16-13(17-12(10)15)19-7-6-18-11-4-2-1-3-5-11/h1-5,9H,6-7H2,(H2,15,16,17). The summed E-state index contributed by atoms with van der Waals surface area (Å²) in [4.78, 5) is 8.09. The molecule has 6 heteroatoms. The Morgan fingerprint density at radius 2 is 2.11 bits per heavy atom. The third-order valence-electron chi connectivity index (χ3n) is 2.24. The average Bonchev–Trinajstić information content (AvgIpc) is 2.45. The fourth-order valence-electron chi connectivity index (χ4n) is 1.34. The molecule has 0 fully saturated rings. The summed E-state index contributed by atoms with van der Waals surface area (Å²) < 4.78 is 5.54. The molecule has 1 aromatic carbocycles. The first-order valence-corrected chi connectivity index (χ1v) is 6.61. The molecule has 2 rings (SSSR count). The molecule has 0 radical (unpaired) electrons. The monoisotopic (exact) mass is 272 g/mol. The van der Waals surface area contributed by atoms with Crippen molar-refractivity contribution < 1.29 is 4.74 Å². The Balaban J connectivity index is 1.80. The number of hydrogen-bond acceptors (Lipinski definition) is 6. The van der Waals surface area contributed by atoms with E-state index in [0.29, 0.717) is 23.1 Å². The van der Waals surface area contributed by atoms with Gasteiger partial charge < -0.3 is 10.5 Å². The first kappa shape index (κ1) is 13.2. The molecular weight excluding hydrogens is 260 g/mol. The van der Waals surface area contributed by atoms with Crippen LogP contribution < -0.4 is 10.5 Å².